The topological polar surface area (TPSA) is 54.9 Å². The third-order valence-corrected chi connectivity index (χ3v) is 3.36. The summed E-state index contributed by atoms with van der Waals surface area (Å²) in [5.74, 6) is 0. The number of aromatic nitrogens is 2. The number of benzene rings is 1. The van der Waals surface area contributed by atoms with Crippen LogP contribution in [0.1, 0.15) is 19.9 Å². The van der Waals surface area contributed by atoms with Gasteiger partial charge in [-0.15, -0.1) is 0 Å². The molecule has 2 aromatic rings. The second kappa shape index (κ2) is 5.23. The van der Waals surface area contributed by atoms with Crippen molar-refractivity contribution in [3.63, 3.8) is 0 Å². The number of hydrogen-bond acceptors (Lipinski definition) is 2. The van der Waals surface area contributed by atoms with Crippen LogP contribution < -0.4 is 11.2 Å². The average molecular weight is 299 g/mol. The molecular weight excluding hydrogens is 287 g/mol. The second-order valence-corrected chi connectivity index (χ2v) is 5.15. The van der Waals surface area contributed by atoms with Gasteiger partial charge in [0.1, 0.15) is 5.15 Å². The lowest BCUT2D eigenvalue weighted by atomic mass is 10.1. The SMILES string of the molecule is CC(C)n1c(=O)[nH]c(Cl)c(-c2ccccc2Cl)c1=O. The summed E-state index contributed by atoms with van der Waals surface area (Å²) in [6.07, 6.45) is 0. The molecule has 0 saturated heterocycles. The summed E-state index contributed by atoms with van der Waals surface area (Å²) in [4.78, 5) is 26.6. The molecule has 0 saturated carbocycles. The molecule has 0 fully saturated rings. The lowest BCUT2D eigenvalue weighted by Crippen LogP contribution is -2.37. The highest BCUT2D eigenvalue weighted by molar-refractivity contribution is 6.35. The molecule has 19 heavy (non-hydrogen) atoms. The number of hydrogen-bond donors (Lipinski definition) is 1. The Labute approximate surface area is 119 Å². The maximum atomic E-state index is 12.4. The maximum absolute atomic E-state index is 12.4. The molecule has 0 amide bonds. The number of rotatable bonds is 2. The van der Waals surface area contributed by atoms with E-state index in [4.69, 9.17) is 23.2 Å². The normalized spacial score (nSPS) is 11.0. The monoisotopic (exact) mass is 298 g/mol. The van der Waals surface area contributed by atoms with Crippen LogP contribution in [0.4, 0.5) is 0 Å². The first-order valence-corrected chi connectivity index (χ1v) is 6.48. The molecule has 4 nitrogen and oxygen atoms in total. The smallest absolute Gasteiger partial charge is 0.297 e. The molecule has 1 N–H and O–H groups in total. The van der Waals surface area contributed by atoms with Gasteiger partial charge in [0.05, 0.1) is 5.56 Å². The second-order valence-electron chi connectivity index (χ2n) is 4.37. The number of halogens is 2. The molecule has 1 aromatic heterocycles. The van der Waals surface area contributed by atoms with Gasteiger partial charge in [-0.25, -0.2) is 4.79 Å². The van der Waals surface area contributed by atoms with Crippen LogP contribution >= 0.6 is 23.2 Å². The Hall–Kier alpha value is -1.52. The highest BCUT2D eigenvalue weighted by Gasteiger charge is 2.17. The summed E-state index contributed by atoms with van der Waals surface area (Å²) in [6, 6.07) is 6.59. The van der Waals surface area contributed by atoms with Crippen LogP contribution in [0.15, 0.2) is 33.9 Å². The largest absolute Gasteiger partial charge is 0.329 e. The number of nitrogens with one attached hydrogen (secondary N) is 1. The minimum atomic E-state index is -0.527. The van der Waals surface area contributed by atoms with Crippen LogP contribution in [0.2, 0.25) is 10.2 Å². The standard InChI is InChI=1S/C13H12Cl2N2O2/c1-7(2)17-12(18)10(11(15)16-13(17)19)8-5-3-4-6-9(8)14/h3-7H,1-2H3,(H,16,19). The van der Waals surface area contributed by atoms with Crippen molar-refractivity contribution in [1.82, 2.24) is 9.55 Å². The van der Waals surface area contributed by atoms with Crippen molar-refractivity contribution >= 4 is 23.2 Å². The Morgan fingerprint density at radius 1 is 1.16 bits per heavy atom. The van der Waals surface area contributed by atoms with Gasteiger partial charge in [-0.3, -0.25) is 14.3 Å². The zero-order chi connectivity index (χ0) is 14.2. The molecule has 0 radical (unpaired) electrons. The van der Waals surface area contributed by atoms with E-state index in [0.29, 0.717) is 10.6 Å². The van der Waals surface area contributed by atoms with Crippen molar-refractivity contribution < 1.29 is 0 Å². The van der Waals surface area contributed by atoms with E-state index in [2.05, 4.69) is 4.98 Å². The summed E-state index contributed by atoms with van der Waals surface area (Å²) in [7, 11) is 0. The fourth-order valence-electron chi connectivity index (χ4n) is 1.89. The first-order chi connectivity index (χ1) is 8.93. The summed E-state index contributed by atoms with van der Waals surface area (Å²) >= 11 is 12.1. The zero-order valence-corrected chi connectivity index (χ0v) is 11.9. The van der Waals surface area contributed by atoms with E-state index in [1.807, 2.05) is 0 Å². The van der Waals surface area contributed by atoms with E-state index in [9.17, 15) is 9.59 Å². The van der Waals surface area contributed by atoms with Crippen molar-refractivity contribution in [2.75, 3.05) is 0 Å². The summed E-state index contributed by atoms with van der Waals surface area (Å²) in [5, 5.41) is 0.406. The van der Waals surface area contributed by atoms with Crippen molar-refractivity contribution in [3.05, 3.63) is 55.3 Å². The summed E-state index contributed by atoms with van der Waals surface area (Å²) in [5.41, 5.74) is -0.261. The fourth-order valence-corrected chi connectivity index (χ4v) is 2.38. The zero-order valence-electron chi connectivity index (χ0n) is 10.4. The van der Waals surface area contributed by atoms with E-state index >= 15 is 0 Å². The van der Waals surface area contributed by atoms with Gasteiger partial charge in [0.15, 0.2) is 0 Å². The van der Waals surface area contributed by atoms with Crippen molar-refractivity contribution in [3.8, 4) is 11.1 Å². The van der Waals surface area contributed by atoms with E-state index in [1.165, 1.54) is 0 Å². The van der Waals surface area contributed by atoms with Crippen LogP contribution in [0, 0.1) is 0 Å². The maximum Gasteiger partial charge on any atom is 0.329 e. The molecule has 0 unspecified atom stereocenters. The van der Waals surface area contributed by atoms with E-state index in [1.54, 1.807) is 38.1 Å². The molecule has 1 heterocycles. The van der Waals surface area contributed by atoms with E-state index < -0.39 is 11.2 Å². The lowest BCUT2D eigenvalue weighted by Gasteiger charge is -2.12. The molecule has 0 aliphatic carbocycles. The molecular formula is C13H12Cl2N2O2. The predicted molar refractivity (Wildman–Crippen MR) is 77.2 cm³/mol. The fraction of sp³-hybridized carbons (Fsp3) is 0.231. The van der Waals surface area contributed by atoms with E-state index in [-0.39, 0.29) is 16.8 Å². The average Bonchev–Trinajstić information content (AvgIpc) is 2.30. The van der Waals surface area contributed by atoms with Crippen LogP contribution in [-0.2, 0) is 0 Å². The van der Waals surface area contributed by atoms with Gasteiger partial charge in [-0.2, -0.15) is 0 Å². The highest BCUT2D eigenvalue weighted by Crippen LogP contribution is 2.28. The molecule has 0 aliphatic heterocycles. The van der Waals surface area contributed by atoms with Crippen LogP contribution in [0.3, 0.4) is 0 Å². The molecule has 100 valence electrons. The van der Waals surface area contributed by atoms with Gasteiger partial charge >= 0.3 is 5.69 Å². The highest BCUT2D eigenvalue weighted by atomic mass is 35.5. The minimum Gasteiger partial charge on any atom is -0.297 e. The Morgan fingerprint density at radius 2 is 1.79 bits per heavy atom. The summed E-state index contributed by atoms with van der Waals surface area (Å²) in [6.45, 7) is 3.50. The molecule has 0 bridgehead atoms. The molecule has 0 spiro atoms. The quantitative estimate of drug-likeness (QED) is 0.866. The first kappa shape index (κ1) is 13.9. The van der Waals surface area contributed by atoms with Crippen LogP contribution in [0.5, 0.6) is 0 Å². The van der Waals surface area contributed by atoms with Gasteiger partial charge < -0.3 is 0 Å². The van der Waals surface area contributed by atoms with Gasteiger partial charge in [0.25, 0.3) is 5.56 Å². The Bertz CT molecular complexity index is 732. The molecule has 0 aliphatic rings. The molecule has 0 atom stereocenters. The Balaban J connectivity index is 2.86. The van der Waals surface area contributed by atoms with Gasteiger partial charge in [-0.05, 0) is 19.9 Å². The number of aromatic amines is 1. The van der Waals surface area contributed by atoms with Gasteiger partial charge in [-0.1, -0.05) is 41.4 Å². The van der Waals surface area contributed by atoms with Gasteiger partial charge in [0.2, 0.25) is 0 Å². The summed E-state index contributed by atoms with van der Waals surface area (Å²) < 4.78 is 1.12. The minimum absolute atomic E-state index is 0.000000000000000222. The van der Waals surface area contributed by atoms with Crippen molar-refractivity contribution in [1.29, 1.82) is 0 Å². The lowest BCUT2D eigenvalue weighted by molar-refractivity contribution is 0.547. The molecule has 2 rings (SSSR count). The first-order valence-electron chi connectivity index (χ1n) is 5.72. The molecule has 6 heteroatoms. The number of H-pyrrole nitrogens is 1. The Morgan fingerprint density at radius 3 is 2.37 bits per heavy atom. The third kappa shape index (κ3) is 2.46. The number of nitrogens with zero attached hydrogens (tertiary/aromatic N) is 1. The van der Waals surface area contributed by atoms with Crippen molar-refractivity contribution in [2.24, 2.45) is 0 Å². The third-order valence-electron chi connectivity index (χ3n) is 2.75. The van der Waals surface area contributed by atoms with Crippen LogP contribution in [-0.4, -0.2) is 9.55 Å². The van der Waals surface area contributed by atoms with Gasteiger partial charge in [0, 0.05) is 16.6 Å². The Kier molecular flexibility index (Phi) is 3.83. The van der Waals surface area contributed by atoms with Crippen molar-refractivity contribution in [2.45, 2.75) is 19.9 Å². The van der Waals surface area contributed by atoms with Crippen LogP contribution in [0.25, 0.3) is 11.1 Å². The molecule has 1 aromatic carbocycles. The van der Waals surface area contributed by atoms with E-state index in [0.717, 1.165) is 4.57 Å². The predicted octanol–water partition coefficient (Wildman–Crippen LogP) is 3.09.